The molecule has 0 amide bonds. The van der Waals surface area contributed by atoms with Crippen LogP contribution in [0.3, 0.4) is 0 Å². The Hall–Kier alpha value is -1.35. The molecule has 1 aromatic heterocycles. The number of hydrogen-bond donors (Lipinski definition) is 1. The van der Waals surface area contributed by atoms with Gasteiger partial charge >= 0.3 is 0 Å². The van der Waals surface area contributed by atoms with Crippen LogP contribution in [-0.4, -0.2) is 18.1 Å². The van der Waals surface area contributed by atoms with Crippen LogP contribution in [0.5, 0.6) is 5.88 Å². The topological polar surface area (TPSA) is 34.1 Å². The van der Waals surface area contributed by atoms with Gasteiger partial charge in [0.05, 0.1) is 12.8 Å². The first-order valence-electron chi connectivity index (χ1n) is 5.60. The largest absolute Gasteiger partial charge is 0.481 e. The first-order chi connectivity index (χ1) is 7.76. The summed E-state index contributed by atoms with van der Waals surface area (Å²) in [6.45, 7) is 6.66. The van der Waals surface area contributed by atoms with Gasteiger partial charge in [-0.25, -0.2) is 4.98 Å². The van der Waals surface area contributed by atoms with E-state index in [-0.39, 0.29) is 0 Å². The number of nitrogens with one attached hydrogen (secondary N) is 1. The lowest BCUT2D eigenvalue weighted by Crippen LogP contribution is -2.25. The molecule has 0 aliphatic rings. The van der Waals surface area contributed by atoms with Crippen LogP contribution in [0.15, 0.2) is 30.9 Å². The molecule has 0 spiro atoms. The Bertz CT molecular complexity index is 325. The number of allylic oxidation sites excluding steroid dienone is 1. The van der Waals surface area contributed by atoms with Crippen molar-refractivity contribution in [2.45, 2.75) is 32.4 Å². The zero-order valence-corrected chi connectivity index (χ0v) is 10.1. The van der Waals surface area contributed by atoms with Gasteiger partial charge in [0, 0.05) is 18.7 Å². The van der Waals surface area contributed by atoms with Gasteiger partial charge in [-0.3, -0.25) is 0 Å². The molecule has 0 radical (unpaired) electrons. The Morgan fingerprint density at radius 2 is 2.38 bits per heavy atom. The van der Waals surface area contributed by atoms with E-state index in [0.717, 1.165) is 25.1 Å². The molecule has 0 bridgehead atoms. The van der Waals surface area contributed by atoms with Crippen molar-refractivity contribution in [1.82, 2.24) is 10.3 Å². The zero-order chi connectivity index (χ0) is 11.8. The first kappa shape index (κ1) is 12.7. The predicted molar refractivity (Wildman–Crippen MR) is 66.5 cm³/mol. The fraction of sp³-hybridized carbons (Fsp3) is 0.462. The minimum atomic E-state index is 0.478. The van der Waals surface area contributed by atoms with Crippen LogP contribution in [0.25, 0.3) is 0 Å². The van der Waals surface area contributed by atoms with Crippen molar-refractivity contribution in [2.75, 3.05) is 7.11 Å². The van der Waals surface area contributed by atoms with E-state index >= 15 is 0 Å². The third kappa shape index (κ3) is 4.45. The fourth-order valence-electron chi connectivity index (χ4n) is 1.42. The molecule has 1 N–H and O–H groups in total. The van der Waals surface area contributed by atoms with Gasteiger partial charge in [0.15, 0.2) is 0 Å². The Balaban J connectivity index is 2.38. The summed E-state index contributed by atoms with van der Waals surface area (Å²) in [5.41, 5.74) is 1.00. The summed E-state index contributed by atoms with van der Waals surface area (Å²) < 4.78 is 5.07. The highest BCUT2D eigenvalue weighted by molar-refractivity contribution is 5.15. The molecule has 1 rings (SSSR count). The molecular weight excluding hydrogens is 200 g/mol. The summed E-state index contributed by atoms with van der Waals surface area (Å²) in [6.07, 6.45) is 4.09. The van der Waals surface area contributed by atoms with Crippen LogP contribution >= 0.6 is 0 Å². The van der Waals surface area contributed by atoms with Crippen LogP contribution in [0, 0.1) is 0 Å². The van der Waals surface area contributed by atoms with Gasteiger partial charge in [0.25, 0.3) is 0 Å². The molecule has 0 saturated heterocycles. The molecule has 3 nitrogen and oxygen atoms in total. The number of ether oxygens (including phenoxy) is 1. The zero-order valence-electron chi connectivity index (χ0n) is 10.1. The second-order valence-corrected chi connectivity index (χ2v) is 3.82. The van der Waals surface area contributed by atoms with E-state index in [1.165, 1.54) is 0 Å². The van der Waals surface area contributed by atoms with Crippen LogP contribution in [0.1, 0.15) is 25.5 Å². The summed E-state index contributed by atoms with van der Waals surface area (Å²) in [6, 6.07) is 6.28. The standard InChI is InChI=1S/C13H20N2O/c1-4-5-7-11(2)14-10-12-8-6-9-13(15-12)16-3/h4,6,8-9,11,14H,1,5,7,10H2,2-3H3. The minimum Gasteiger partial charge on any atom is -0.481 e. The van der Waals surface area contributed by atoms with Gasteiger partial charge in [-0.2, -0.15) is 0 Å². The normalized spacial score (nSPS) is 12.1. The molecule has 1 unspecified atom stereocenters. The highest BCUT2D eigenvalue weighted by atomic mass is 16.5. The number of methoxy groups -OCH3 is 1. The second-order valence-electron chi connectivity index (χ2n) is 3.82. The maximum Gasteiger partial charge on any atom is 0.213 e. The number of aromatic nitrogens is 1. The highest BCUT2D eigenvalue weighted by Crippen LogP contribution is 2.07. The van der Waals surface area contributed by atoms with E-state index in [1.54, 1.807) is 7.11 Å². The molecule has 1 aromatic rings. The van der Waals surface area contributed by atoms with Gasteiger partial charge in [-0.05, 0) is 25.8 Å². The van der Waals surface area contributed by atoms with Crippen molar-refractivity contribution in [3.63, 3.8) is 0 Å². The second kappa shape index (κ2) is 7.01. The lowest BCUT2D eigenvalue weighted by Gasteiger charge is -2.12. The molecule has 0 aliphatic heterocycles. The van der Waals surface area contributed by atoms with E-state index in [4.69, 9.17) is 4.74 Å². The SMILES string of the molecule is C=CCCC(C)NCc1cccc(OC)n1. The van der Waals surface area contributed by atoms with Gasteiger partial charge in [-0.1, -0.05) is 12.1 Å². The molecule has 1 heterocycles. The maximum atomic E-state index is 5.07. The van der Waals surface area contributed by atoms with Gasteiger partial charge in [0.2, 0.25) is 5.88 Å². The summed E-state index contributed by atoms with van der Waals surface area (Å²) in [7, 11) is 1.63. The third-order valence-corrected chi connectivity index (χ3v) is 2.43. The van der Waals surface area contributed by atoms with Crippen molar-refractivity contribution in [1.29, 1.82) is 0 Å². The number of hydrogen-bond acceptors (Lipinski definition) is 3. The summed E-state index contributed by atoms with van der Waals surface area (Å²) in [5.74, 6) is 0.665. The van der Waals surface area contributed by atoms with E-state index in [9.17, 15) is 0 Å². The lowest BCUT2D eigenvalue weighted by atomic mass is 10.2. The monoisotopic (exact) mass is 220 g/mol. The Morgan fingerprint density at radius 3 is 3.06 bits per heavy atom. The molecule has 0 aromatic carbocycles. The number of nitrogens with zero attached hydrogens (tertiary/aromatic N) is 1. The van der Waals surface area contributed by atoms with Crippen molar-refractivity contribution in [2.24, 2.45) is 0 Å². The number of pyridine rings is 1. The quantitative estimate of drug-likeness (QED) is 0.717. The van der Waals surface area contributed by atoms with E-state index in [2.05, 4.69) is 23.8 Å². The molecule has 3 heteroatoms. The molecule has 88 valence electrons. The Labute approximate surface area is 97.5 Å². The average molecular weight is 220 g/mol. The lowest BCUT2D eigenvalue weighted by molar-refractivity contribution is 0.395. The first-order valence-corrected chi connectivity index (χ1v) is 5.60. The molecule has 0 saturated carbocycles. The van der Waals surface area contributed by atoms with Crippen LogP contribution < -0.4 is 10.1 Å². The average Bonchev–Trinajstić information content (AvgIpc) is 2.34. The number of rotatable bonds is 7. The maximum absolute atomic E-state index is 5.07. The highest BCUT2D eigenvalue weighted by Gasteiger charge is 2.01. The van der Waals surface area contributed by atoms with Crippen molar-refractivity contribution >= 4 is 0 Å². The van der Waals surface area contributed by atoms with Crippen molar-refractivity contribution in [3.05, 3.63) is 36.5 Å². The van der Waals surface area contributed by atoms with Gasteiger partial charge in [0.1, 0.15) is 0 Å². The van der Waals surface area contributed by atoms with Crippen LogP contribution in [0.2, 0.25) is 0 Å². The third-order valence-electron chi connectivity index (χ3n) is 2.43. The van der Waals surface area contributed by atoms with E-state index < -0.39 is 0 Å². The van der Waals surface area contributed by atoms with E-state index in [1.807, 2.05) is 24.3 Å². The predicted octanol–water partition coefficient (Wildman–Crippen LogP) is 2.53. The van der Waals surface area contributed by atoms with Crippen molar-refractivity contribution in [3.8, 4) is 5.88 Å². The van der Waals surface area contributed by atoms with Gasteiger partial charge < -0.3 is 10.1 Å². The molecule has 1 atom stereocenters. The van der Waals surface area contributed by atoms with Crippen LogP contribution in [-0.2, 0) is 6.54 Å². The minimum absolute atomic E-state index is 0.478. The van der Waals surface area contributed by atoms with Crippen LogP contribution in [0.4, 0.5) is 0 Å². The van der Waals surface area contributed by atoms with E-state index in [0.29, 0.717) is 11.9 Å². The van der Waals surface area contributed by atoms with Crippen molar-refractivity contribution < 1.29 is 4.74 Å². The summed E-state index contributed by atoms with van der Waals surface area (Å²) in [5, 5.41) is 3.42. The molecule has 0 aliphatic carbocycles. The summed E-state index contributed by atoms with van der Waals surface area (Å²) >= 11 is 0. The molecular formula is C13H20N2O. The molecule has 0 fully saturated rings. The smallest absolute Gasteiger partial charge is 0.213 e. The Morgan fingerprint density at radius 1 is 1.56 bits per heavy atom. The fourth-order valence-corrected chi connectivity index (χ4v) is 1.42. The molecule has 16 heavy (non-hydrogen) atoms. The summed E-state index contributed by atoms with van der Waals surface area (Å²) in [4.78, 5) is 4.34. The van der Waals surface area contributed by atoms with Gasteiger partial charge in [-0.15, -0.1) is 6.58 Å². The Kier molecular flexibility index (Phi) is 5.57.